The van der Waals surface area contributed by atoms with Crippen LogP contribution in [0.2, 0.25) is 0 Å². The van der Waals surface area contributed by atoms with Gasteiger partial charge in [-0.1, -0.05) is 6.08 Å². The third-order valence-corrected chi connectivity index (χ3v) is 2.80. The molecule has 88 valence electrons. The summed E-state index contributed by atoms with van der Waals surface area (Å²) in [7, 11) is 0. The van der Waals surface area contributed by atoms with Gasteiger partial charge in [0, 0.05) is 18.8 Å². The van der Waals surface area contributed by atoms with E-state index in [4.69, 9.17) is 0 Å². The quantitative estimate of drug-likeness (QED) is 0.634. The number of carbonyl (C=O) groups is 2. The van der Waals surface area contributed by atoms with Gasteiger partial charge in [0.2, 0.25) is 0 Å². The maximum absolute atomic E-state index is 11.4. The number of Topliss-reactive ketones (excluding diaryl/α,β-unsaturated/α-hetero) is 1. The minimum absolute atomic E-state index is 0.452. The highest BCUT2D eigenvalue weighted by atomic mass is 16.2. The molecule has 0 atom stereocenters. The molecular formula is C13H14N2O2. The number of hydrogen-bond acceptors (Lipinski definition) is 3. The van der Waals surface area contributed by atoms with E-state index in [-0.39, 0.29) is 0 Å². The van der Waals surface area contributed by atoms with Gasteiger partial charge in [0.15, 0.2) is 0 Å². The molecule has 0 saturated carbocycles. The number of amides is 1. The molecule has 0 saturated heterocycles. The van der Waals surface area contributed by atoms with Crippen molar-refractivity contribution in [3.8, 4) is 0 Å². The molecule has 0 bridgehead atoms. The first-order valence-electron chi connectivity index (χ1n) is 5.53. The minimum atomic E-state index is -0.552. The second kappa shape index (κ2) is 4.41. The summed E-state index contributed by atoms with van der Waals surface area (Å²) >= 11 is 0. The lowest BCUT2D eigenvalue weighted by Gasteiger charge is -2.21. The number of anilines is 2. The lowest BCUT2D eigenvalue weighted by Crippen LogP contribution is -2.22. The zero-order chi connectivity index (χ0) is 12.4. The Morgan fingerprint density at radius 3 is 2.82 bits per heavy atom. The first kappa shape index (κ1) is 11.4. The molecular weight excluding hydrogens is 216 g/mol. The SMILES string of the molecule is C=CCN(CC)c1ccc2c(c1)NC(=O)C2=O. The fraction of sp³-hybridized carbons (Fsp3) is 0.231. The van der Waals surface area contributed by atoms with E-state index in [0.717, 1.165) is 18.8 Å². The van der Waals surface area contributed by atoms with E-state index in [2.05, 4.69) is 16.8 Å². The molecule has 0 unspecified atom stereocenters. The smallest absolute Gasteiger partial charge is 0.296 e. The Morgan fingerprint density at radius 1 is 1.41 bits per heavy atom. The summed E-state index contributed by atoms with van der Waals surface area (Å²) in [6.45, 7) is 7.32. The molecule has 0 fully saturated rings. The van der Waals surface area contributed by atoms with E-state index in [0.29, 0.717) is 11.3 Å². The highest BCUT2D eigenvalue weighted by Crippen LogP contribution is 2.28. The van der Waals surface area contributed by atoms with Gasteiger partial charge in [-0.25, -0.2) is 0 Å². The molecule has 0 radical (unpaired) electrons. The van der Waals surface area contributed by atoms with Crippen LogP contribution in [0.4, 0.5) is 11.4 Å². The molecule has 4 heteroatoms. The normalized spacial score (nSPS) is 13.2. The third kappa shape index (κ3) is 1.93. The summed E-state index contributed by atoms with van der Waals surface area (Å²) in [5.41, 5.74) is 2.02. The molecule has 1 N–H and O–H groups in total. The lowest BCUT2D eigenvalue weighted by molar-refractivity contribution is -0.112. The number of ketones is 1. The number of likely N-dealkylation sites (N-methyl/N-ethyl adjacent to an activating group) is 1. The summed E-state index contributed by atoms with van der Waals surface area (Å²) in [6.07, 6.45) is 1.82. The van der Waals surface area contributed by atoms with Crippen LogP contribution in [0.5, 0.6) is 0 Å². The van der Waals surface area contributed by atoms with Crippen molar-refractivity contribution in [3.63, 3.8) is 0 Å². The predicted molar refractivity (Wildman–Crippen MR) is 67.5 cm³/mol. The Morgan fingerprint density at radius 2 is 2.18 bits per heavy atom. The van der Waals surface area contributed by atoms with Gasteiger partial charge in [0.1, 0.15) is 0 Å². The number of nitrogens with zero attached hydrogens (tertiary/aromatic N) is 1. The average molecular weight is 230 g/mol. The van der Waals surface area contributed by atoms with Crippen LogP contribution in [-0.4, -0.2) is 24.8 Å². The van der Waals surface area contributed by atoms with Crippen molar-refractivity contribution in [1.29, 1.82) is 0 Å². The molecule has 0 aromatic heterocycles. The third-order valence-electron chi connectivity index (χ3n) is 2.80. The lowest BCUT2D eigenvalue weighted by atomic mass is 10.1. The van der Waals surface area contributed by atoms with Gasteiger partial charge in [-0.3, -0.25) is 9.59 Å². The second-order valence-corrected chi connectivity index (χ2v) is 3.84. The van der Waals surface area contributed by atoms with Crippen LogP contribution in [0.1, 0.15) is 17.3 Å². The standard InChI is InChI=1S/C13H14N2O2/c1-3-7-15(4-2)9-5-6-10-11(8-9)14-13(17)12(10)16/h3,5-6,8H,1,4,7H2,2H3,(H,14,16,17). The monoisotopic (exact) mass is 230 g/mol. The van der Waals surface area contributed by atoms with E-state index in [1.165, 1.54) is 0 Å². The van der Waals surface area contributed by atoms with Gasteiger partial charge in [-0.05, 0) is 25.1 Å². The second-order valence-electron chi connectivity index (χ2n) is 3.84. The minimum Gasteiger partial charge on any atom is -0.368 e. The van der Waals surface area contributed by atoms with Crippen molar-refractivity contribution in [3.05, 3.63) is 36.4 Å². The summed E-state index contributed by atoms with van der Waals surface area (Å²) in [4.78, 5) is 24.7. The van der Waals surface area contributed by atoms with Crippen molar-refractivity contribution < 1.29 is 9.59 Å². The number of nitrogens with one attached hydrogen (secondary N) is 1. The highest BCUT2D eigenvalue weighted by molar-refractivity contribution is 6.51. The number of benzene rings is 1. The summed E-state index contributed by atoms with van der Waals surface area (Å²) in [5, 5.41) is 2.57. The molecule has 0 aliphatic carbocycles. The molecule has 0 spiro atoms. The van der Waals surface area contributed by atoms with Crippen molar-refractivity contribution in [2.45, 2.75) is 6.92 Å². The van der Waals surface area contributed by atoms with Crippen LogP contribution in [0.3, 0.4) is 0 Å². The summed E-state index contributed by atoms with van der Waals surface area (Å²) in [6, 6.07) is 5.37. The van der Waals surface area contributed by atoms with Crippen LogP contribution in [0.15, 0.2) is 30.9 Å². The van der Waals surface area contributed by atoms with Gasteiger partial charge in [-0.2, -0.15) is 0 Å². The zero-order valence-electron chi connectivity index (χ0n) is 9.69. The Balaban J connectivity index is 2.35. The molecule has 1 aliphatic rings. The number of hydrogen-bond donors (Lipinski definition) is 1. The van der Waals surface area contributed by atoms with E-state index in [1.807, 2.05) is 25.1 Å². The topological polar surface area (TPSA) is 49.4 Å². The van der Waals surface area contributed by atoms with E-state index in [1.54, 1.807) is 6.07 Å². The fourth-order valence-corrected chi connectivity index (χ4v) is 1.90. The summed E-state index contributed by atoms with van der Waals surface area (Å²) in [5.74, 6) is -1.01. The number of fused-ring (bicyclic) bond motifs is 1. The number of rotatable bonds is 4. The van der Waals surface area contributed by atoms with Crippen molar-refractivity contribution >= 4 is 23.1 Å². The van der Waals surface area contributed by atoms with Crippen LogP contribution < -0.4 is 10.2 Å². The molecule has 2 rings (SSSR count). The fourth-order valence-electron chi connectivity index (χ4n) is 1.90. The molecule has 1 heterocycles. The van der Waals surface area contributed by atoms with Gasteiger partial charge in [0.25, 0.3) is 11.7 Å². The van der Waals surface area contributed by atoms with Crippen LogP contribution in [0.25, 0.3) is 0 Å². The predicted octanol–water partition coefficient (Wildman–Crippen LogP) is 1.83. The van der Waals surface area contributed by atoms with Gasteiger partial charge >= 0.3 is 0 Å². The largest absolute Gasteiger partial charge is 0.368 e. The van der Waals surface area contributed by atoms with Crippen LogP contribution in [0, 0.1) is 0 Å². The van der Waals surface area contributed by atoms with Gasteiger partial charge < -0.3 is 10.2 Å². The van der Waals surface area contributed by atoms with Crippen LogP contribution >= 0.6 is 0 Å². The Hall–Kier alpha value is -2.10. The van der Waals surface area contributed by atoms with Crippen molar-refractivity contribution in [1.82, 2.24) is 0 Å². The van der Waals surface area contributed by atoms with E-state index in [9.17, 15) is 9.59 Å². The molecule has 1 aromatic rings. The summed E-state index contributed by atoms with van der Waals surface area (Å²) < 4.78 is 0. The van der Waals surface area contributed by atoms with E-state index >= 15 is 0 Å². The maximum atomic E-state index is 11.4. The highest BCUT2D eigenvalue weighted by Gasteiger charge is 2.28. The van der Waals surface area contributed by atoms with Gasteiger partial charge in [-0.15, -0.1) is 6.58 Å². The Kier molecular flexibility index (Phi) is 2.95. The molecule has 1 amide bonds. The van der Waals surface area contributed by atoms with Crippen molar-refractivity contribution in [2.24, 2.45) is 0 Å². The van der Waals surface area contributed by atoms with Crippen molar-refractivity contribution in [2.75, 3.05) is 23.3 Å². The zero-order valence-corrected chi connectivity index (χ0v) is 9.69. The first-order chi connectivity index (χ1) is 8.17. The Labute approximate surface area is 99.9 Å². The van der Waals surface area contributed by atoms with Crippen LogP contribution in [-0.2, 0) is 4.79 Å². The van der Waals surface area contributed by atoms with E-state index < -0.39 is 11.7 Å². The molecule has 4 nitrogen and oxygen atoms in total. The molecule has 1 aromatic carbocycles. The first-order valence-corrected chi connectivity index (χ1v) is 5.53. The molecule has 17 heavy (non-hydrogen) atoms. The maximum Gasteiger partial charge on any atom is 0.296 e. The molecule has 1 aliphatic heterocycles. The number of carbonyl (C=O) groups excluding carboxylic acids is 2. The van der Waals surface area contributed by atoms with Gasteiger partial charge in [0.05, 0.1) is 11.3 Å². The average Bonchev–Trinajstić information content (AvgIpc) is 2.61. The Bertz CT molecular complexity index is 494.